The Balaban J connectivity index is 1.80. The van der Waals surface area contributed by atoms with E-state index in [-0.39, 0.29) is 0 Å². The zero-order valence-electron chi connectivity index (χ0n) is 9.69. The van der Waals surface area contributed by atoms with Crippen LogP contribution in [0.3, 0.4) is 0 Å². The average molecular weight is 226 g/mol. The van der Waals surface area contributed by atoms with Crippen molar-refractivity contribution < 1.29 is 9.15 Å². The summed E-state index contributed by atoms with van der Waals surface area (Å²) in [5.41, 5.74) is 0. The number of nitrogens with one attached hydrogen (secondary N) is 2. The SMILES string of the molecule is CNCc1nnc(NCC2CCOC2C)o1. The summed E-state index contributed by atoms with van der Waals surface area (Å²) in [5, 5.41) is 13.9. The van der Waals surface area contributed by atoms with Crippen molar-refractivity contribution in [1.82, 2.24) is 15.5 Å². The lowest BCUT2D eigenvalue weighted by atomic mass is 10.0. The van der Waals surface area contributed by atoms with E-state index in [0.29, 0.717) is 30.5 Å². The third-order valence-electron chi connectivity index (χ3n) is 2.84. The minimum absolute atomic E-state index is 0.312. The van der Waals surface area contributed by atoms with Crippen LogP contribution in [0.2, 0.25) is 0 Å². The Bertz CT molecular complexity index is 328. The summed E-state index contributed by atoms with van der Waals surface area (Å²) in [5.74, 6) is 1.13. The topological polar surface area (TPSA) is 72.2 Å². The number of nitrogens with zero attached hydrogens (tertiary/aromatic N) is 2. The molecule has 0 amide bonds. The van der Waals surface area contributed by atoms with Gasteiger partial charge in [0.25, 0.3) is 0 Å². The molecule has 1 saturated heterocycles. The van der Waals surface area contributed by atoms with Crippen LogP contribution in [-0.4, -0.2) is 36.5 Å². The van der Waals surface area contributed by atoms with E-state index in [0.717, 1.165) is 19.6 Å². The van der Waals surface area contributed by atoms with Crippen LogP contribution in [-0.2, 0) is 11.3 Å². The standard InChI is InChI=1S/C10H18N4O2/c1-7-8(3-4-15-7)5-12-10-14-13-9(16-10)6-11-2/h7-8,11H,3-6H2,1-2H3,(H,12,14). The molecule has 1 aliphatic heterocycles. The Morgan fingerprint density at radius 3 is 3.00 bits per heavy atom. The second kappa shape index (κ2) is 5.27. The highest BCUT2D eigenvalue weighted by molar-refractivity contribution is 5.17. The first kappa shape index (κ1) is 11.3. The van der Waals surface area contributed by atoms with Crippen molar-refractivity contribution >= 4 is 6.01 Å². The molecule has 6 heteroatoms. The number of ether oxygens (including phenoxy) is 1. The number of anilines is 1. The first-order valence-electron chi connectivity index (χ1n) is 5.62. The van der Waals surface area contributed by atoms with Crippen molar-refractivity contribution in [3.63, 3.8) is 0 Å². The molecular formula is C10H18N4O2. The number of hydrogen-bond donors (Lipinski definition) is 2. The van der Waals surface area contributed by atoms with Gasteiger partial charge in [0.05, 0.1) is 12.6 Å². The maximum atomic E-state index is 5.48. The molecule has 0 spiro atoms. The van der Waals surface area contributed by atoms with Crippen LogP contribution in [0.1, 0.15) is 19.2 Å². The Kier molecular flexibility index (Phi) is 3.74. The molecule has 2 heterocycles. The van der Waals surface area contributed by atoms with Crippen molar-refractivity contribution in [3.05, 3.63) is 5.89 Å². The zero-order chi connectivity index (χ0) is 11.4. The second-order valence-corrected chi connectivity index (χ2v) is 4.04. The lowest BCUT2D eigenvalue weighted by Gasteiger charge is -2.13. The van der Waals surface area contributed by atoms with Gasteiger partial charge in [0.2, 0.25) is 5.89 Å². The Morgan fingerprint density at radius 2 is 2.31 bits per heavy atom. The van der Waals surface area contributed by atoms with Crippen LogP contribution in [0.4, 0.5) is 6.01 Å². The smallest absolute Gasteiger partial charge is 0.315 e. The van der Waals surface area contributed by atoms with E-state index in [2.05, 4.69) is 27.8 Å². The van der Waals surface area contributed by atoms with Crippen LogP contribution in [0.5, 0.6) is 0 Å². The second-order valence-electron chi connectivity index (χ2n) is 4.04. The summed E-state index contributed by atoms with van der Waals surface area (Å²) in [6.07, 6.45) is 1.40. The molecule has 1 fully saturated rings. The number of aromatic nitrogens is 2. The van der Waals surface area contributed by atoms with Gasteiger partial charge >= 0.3 is 6.01 Å². The predicted molar refractivity (Wildman–Crippen MR) is 59.1 cm³/mol. The van der Waals surface area contributed by atoms with Crippen LogP contribution < -0.4 is 10.6 Å². The van der Waals surface area contributed by atoms with Crippen molar-refractivity contribution in [1.29, 1.82) is 0 Å². The number of hydrogen-bond acceptors (Lipinski definition) is 6. The van der Waals surface area contributed by atoms with Gasteiger partial charge in [0.1, 0.15) is 0 Å². The Morgan fingerprint density at radius 1 is 1.44 bits per heavy atom. The van der Waals surface area contributed by atoms with E-state index in [1.807, 2.05) is 7.05 Å². The van der Waals surface area contributed by atoms with Gasteiger partial charge in [-0.1, -0.05) is 5.10 Å². The van der Waals surface area contributed by atoms with Gasteiger partial charge in [-0.15, -0.1) is 5.10 Å². The highest BCUT2D eigenvalue weighted by Gasteiger charge is 2.24. The zero-order valence-corrected chi connectivity index (χ0v) is 9.69. The van der Waals surface area contributed by atoms with Crippen LogP contribution in [0.25, 0.3) is 0 Å². The van der Waals surface area contributed by atoms with Gasteiger partial charge in [-0.2, -0.15) is 0 Å². The van der Waals surface area contributed by atoms with Crippen molar-refractivity contribution in [2.75, 3.05) is 25.5 Å². The molecule has 1 aromatic heterocycles. The summed E-state index contributed by atoms with van der Waals surface area (Å²) in [6, 6.07) is 0.490. The molecule has 0 aliphatic carbocycles. The van der Waals surface area contributed by atoms with Gasteiger partial charge in [-0.3, -0.25) is 0 Å². The third-order valence-corrected chi connectivity index (χ3v) is 2.84. The highest BCUT2D eigenvalue weighted by atomic mass is 16.5. The molecule has 1 aromatic rings. The average Bonchev–Trinajstić information content (AvgIpc) is 2.86. The van der Waals surface area contributed by atoms with E-state index < -0.39 is 0 Å². The van der Waals surface area contributed by atoms with E-state index >= 15 is 0 Å². The van der Waals surface area contributed by atoms with Crippen molar-refractivity contribution in [2.24, 2.45) is 5.92 Å². The fourth-order valence-electron chi connectivity index (χ4n) is 1.81. The van der Waals surface area contributed by atoms with Crippen LogP contribution >= 0.6 is 0 Å². The lowest BCUT2D eigenvalue weighted by molar-refractivity contribution is 0.108. The van der Waals surface area contributed by atoms with Crippen molar-refractivity contribution in [3.8, 4) is 0 Å². The van der Waals surface area contributed by atoms with Gasteiger partial charge in [0.15, 0.2) is 0 Å². The fraction of sp³-hybridized carbons (Fsp3) is 0.800. The molecule has 2 rings (SSSR count). The largest absolute Gasteiger partial charge is 0.407 e. The monoisotopic (exact) mass is 226 g/mol. The van der Waals surface area contributed by atoms with Crippen LogP contribution in [0, 0.1) is 5.92 Å². The van der Waals surface area contributed by atoms with Gasteiger partial charge in [-0.05, 0) is 20.4 Å². The van der Waals surface area contributed by atoms with Gasteiger partial charge in [0, 0.05) is 19.1 Å². The summed E-state index contributed by atoms with van der Waals surface area (Å²) in [4.78, 5) is 0. The summed E-state index contributed by atoms with van der Waals surface area (Å²) >= 11 is 0. The minimum atomic E-state index is 0.312. The maximum Gasteiger partial charge on any atom is 0.315 e. The summed E-state index contributed by atoms with van der Waals surface area (Å²) in [6.45, 7) is 4.36. The summed E-state index contributed by atoms with van der Waals surface area (Å²) in [7, 11) is 1.84. The molecule has 0 aromatic carbocycles. The first-order chi connectivity index (χ1) is 7.79. The van der Waals surface area contributed by atoms with E-state index in [1.54, 1.807) is 0 Å². The molecule has 1 aliphatic rings. The quantitative estimate of drug-likeness (QED) is 0.767. The first-order valence-corrected chi connectivity index (χ1v) is 5.62. The molecule has 2 atom stereocenters. The molecule has 2 unspecified atom stereocenters. The Labute approximate surface area is 94.8 Å². The van der Waals surface area contributed by atoms with Crippen LogP contribution in [0.15, 0.2) is 4.42 Å². The predicted octanol–water partition coefficient (Wildman–Crippen LogP) is 0.626. The summed E-state index contributed by atoms with van der Waals surface area (Å²) < 4.78 is 10.9. The highest BCUT2D eigenvalue weighted by Crippen LogP contribution is 2.20. The molecule has 2 N–H and O–H groups in total. The minimum Gasteiger partial charge on any atom is -0.407 e. The maximum absolute atomic E-state index is 5.48. The fourth-order valence-corrected chi connectivity index (χ4v) is 1.81. The third kappa shape index (κ3) is 2.70. The normalized spacial score (nSPS) is 24.9. The molecule has 16 heavy (non-hydrogen) atoms. The molecule has 0 saturated carbocycles. The molecule has 0 radical (unpaired) electrons. The van der Waals surface area contributed by atoms with E-state index in [9.17, 15) is 0 Å². The molecule has 90 valence electrons. The van der Waals surface area contributed by atoms with E-state index in [1.165, 1.54) is 0 Å². The van der Waals surface area contributed by atoms with Gasteiger partial charge < -0.3 is 19.8 Å². The lowest BCUT2D eigenvalue weighted by Crippen LogP contribution is -2.20. The Hall–Kier alpha value is -1.14. The van der Waals surface area contributed by atoms with E-state index in [4.69, 9.17) is 9.15 Å². The molecule has 6 nitrogen and oxygen atoms in total. The molecule has 0 bridgehead atoms. The number of rotatable bonds is 5. The molecular weight excluding hydrogens is 208 g/mol. The van der Waals surface area contributed by atoms with Gasteiger partial charge in [-0.25, -0.2) is 0 Å². The van der Waals surface area contributed by atoms with Crippen molar-refractivity contribution in [2.45, 2.75) is 26.0 Å².